The molecular formula is C9H18BrN3OSi. The van der Waals surface area contributed by atoms with Crippen LogP contribution in [-0.4, -0.2) is 29.4 Å². The molecule has 0 aromatic carbocycles. The highest BCUT2D eigenvalue weighted by atomic mass is 79.9. The molecule has 0 unspecified atom stereocenters. The normalized spacial score (nSPS) is 12.1. The number of rotatable bonds is 5. The Morgan fingerprint density at radius 1 is 1.33 bits per heavy atom. The van der Waals surface area contributed by atoms with Gasteiger partial charge in [0.05, 0.1) is 0 Å². The molecule has 0 saturated heterocycles. The van der Waals surface area contributed by atoms with Crippen molar-refractivity contribution >= 4 is 24.0 Å². The van der Waals surface area contributed by atoms with Crippen molar-refractivity contribution in [2.45, 2.75) is 39.3 Å². The highest BCUT2D eigenvalue weighted by Gasteiger charge is 2.12. The van der Waals surface area contributed by atoms with Gasteiger partial charge in [-0.25, -0.2) is 0 Å². The molecule has 0 aliphatic heterocycles. The number of aromatic nitrogens is 3. The van der Waals surface area contributed by atoms with Gasteiger partial charge in [-0.15, -0.1) is 10.2 Å². The molecule has 0 aliphatic carbocycles. The number of hydrogen-bond donors (Lipinski definition) is 0. The molecule has 1 aromatic rings. The Kier molecular flexibility index (Phi) is 4.48. The summed E-state index contributed by atoms with van der Waals surface area (Å²) in [5.74, 6) is 0.870. The molecule has 4 nitrogen and oxygen atoms in total. The molecule has 0 N–H and O–H groups in total. The largest absolute Gasteiger partial charge is 0.361 e. The van der Waals surface area contributed by atoms with Gasteiger partial charge < -0.3 is 4.74 Å². The van der Waals surface area contributed by atoms with Gasteiger partial charge in [0.25, 0.3) is 0 Å². The van der Waals surface area contributed by atoms with Gasteiger partial charge in [-0.1, -0.05) is 19.6 Å². The van der Waals surface area contributed by atoms with Crippen molar-refractivity contribution in [3.8, 4) is 0 Å². The average molecular weight is 292 g/mol. The molecule has 0 saturated carbocycles. The van der Waals surface area contributed by atoms with Crippen LogP contribution in [0.5, 0.6) is 0 Å². The van der Waals surface area contributed by atoms with Gasteiger partial charge in [-0.3, -0.25) is 4.57 Å². The van der Waals surface area contributed by atoms with E-state index in [4.69, 9.17) is 4.74 Å². The molecule has 0 radical (unpaired) electrons. The maximum Gasteiger partial charge on any atom is 0.202 e. The van der Waals surface area contributed by atoms with Gasteiger partial charge in [-0.2, -0.15) is 0 Å². The lowest BCUT2D eigenvalue weighted by atomic mass is 10.7. The summed E-state index contributed by atoms with van der Waals surface area (Å²) < 4.78 is 8.24. The van der Waals surface area contributed by atoms with Crippen LogP contribution < -0.4 is 0 Å². The van der Waals surface area contributed by atoms with Crippen molar-refractivity contribution in [1.29, 1.82) is 0 Å². The summed E-state index contributed by atoms with van der Waals surface area (Å²) in [5, 5.41) is 7.84. The number of nitrogens with zero attached hydrogens (tertiary/aromatic N) is 3. The van der Waals surface area contributed by atoms with E-state index in [-0.39, 0.29) is 0 Å². The Morgan fingerprint density at radius 3 is 2.47 bits per heavy atom. The summed E-state index contributed by atoms with van der Waals surface area (Å²) in [6.07, 6.45) is 0. The third-order valence-electron chi connectivity index (χ3n) is 2.11. The quantitative estimate of drug-likeness (QED) is 0.619. The summed E-state index contributed by atoms with van der Waals surface area (Å²) in [7, 11) is -0.984. The van der Waals surface area contributed by atoms with E-state index in [1.807, 2.05) is 11.5 Å². The highest BCUT2D eigenvalue weighted by Crippen LogP contribution is 2.10. The SMILES string of the molecule is Cc1nnc(Br)n1COCC[Si](C)(C)C. The Balaban J connectivity index is 2.32. The van der Waals surface area contributed by atoms with Crippen LogP contribution in [0.15, 0.2) is 4.73 Å². The fraction of sp³-hybridized carbons (Fsp3) is 0.778. The van der Waals surface area contributed by atoms with Gasteiger partial charge in [0.15, 0.2) is 0 Å². The van der Waals surface area contributed by atoms with Crippen molar-refractivity contribution in [2.75, 3.05) is 6.61 Å². The van der Waals surface area contributed by atoms with Crippen molar-refractivity contribution in [1.82, 2.24) is 14.8 Å². The van der Waals surface area contributed by atoms with Crippen LogP contribution in [0.3, 0.4) is 0 Å². The summed E-state index contributed by atoms with van der Waals surface area (Å²) in [5.41, 5.74) is 0. The molecule has 1 aromatic heterocycles. The van der Waals surface area contributed by atoms with Crippen molar-refractivity contribution < 1.29 is 4.74 Å². The molecule has 0 atom stereocenters. The highest BCUT2D eigenvalue weighted by molar-refractivity contribution is 9.10. The van der Waals surface area contributed by atoms with E-state index in [1.54, 1.807) is 0 Å². The van der Waals surface area contributed by atoms with E-state index in [0.717, 1.165) is 17.2 Å². The lowest BCUT2D eigenvalue weighted by Crippen LogP contribution is -2.22. The van der Waals surface area contributed by atoms with Crippen molar-refractivity contribution in [2.24, 2.45) is 0 Å². The second kappa shape index (κ2) is 5.22. The van der Waals surface area contributed by atoms with E-state index < -0.39 is 8.07 Å². The van der Waals surface area contributed by atoms with E-state index in [9.17, 15) is 0 Å². The Bertz CT molecular complexity index is 302. The fourth-order valence-electron chi connectivity index (χ4n) is 1.04. The van der Waals surface area contributed by atoms with Crippen LogP contribution in [0, 0.1) is 6.92 Å². The van der Waals surface area contributed by atoms with Crippen LogP contribution in [0.25, 0.3) is 0 Å². The minimum atomic E-state index is -0.984. The van der Waals surface area contributed by atoms with Gasteiger partial charge in [0, 0.05) is 14.7 Å². The zero-order valence-corrected chi connectivity index (χ0v) is 12.3. The molecule has 0 bridgehead atoms. The topological polar surface area (TPSA) is 39.9 Å². The molecule has 1 rings (SSSR count). The van der Waals surface area contributed by atoms with Gasteiger partial charge in [-0.05, 0) is 28.9 Å². The average Bonchev–Trinajstić information content (AvgIpc) is 2.40. The number of aryl methyl sites for hydroxylation is 1. The third kappa shape index (κ3) is 4.44. The summed E-state index contributed by atoms with van der Waals surface area (Å²) in [6.45, 7) is 10.3. The van der Waals surface area contributed by atoms with E-state index >= 15 is 0 Å². The fourth-order valence-corrected chi connectivity index (χ4v) is 2.23. The first-order valence-corrected chi connectivity index (χ1v) is 9.53. The zero-order valence-electron chi connectivity index (χ0n) is 9.75. The molecular weight excluding hydrogens is 274 g/mol. The predicted molar refractivity (Wildman–Crippen MR) is 66.6 cm³/mol. The molecule has 0 fully saturated rings. The van der Waals surface area contributed by atoms with Crippen LogP contribution in [0.4, 0.5) is 0 Å². The first-order valence-electron chi connectivity index (χ1n) is 5.03. The minimum Gasteiger partial charge on any atom is -0.361 e. The van der Waals surface area contributed by atoms with E-state index in [0.29, 0.717) is 6.73 Å². The Hall–Kier alpha value is -0.203. The standard InChI is InChI=1S/C9H18BrN3OSi/c1-8-11-12-9(10)13(8)7-14-5-6-15(2,3)4/h5-7H2,1-4H3. The summed E-state index contributed by atoms with van der Waals surface area (Å²) >= 11 is 3.33. The lowest BCUT2D eigenvalue weighted by molar-refractivity contribution is 0.0840. The summed E-state index contributed by atoms with van der Waals surface area (Å²) in [4.78, 5) is 0. The van der Waals surface area contributed by atoms with Crippen molar-refractivity contribution in [3.63, 3.8) is 0 Å². The maximum absolute atomic E-state index is 5.60. The number of hydrogen-bond acceptors (Lipinski definition) is 3. The number of ether oxygens (including phenoxy) is 1. The summed E-state index contributed by atoms with van der Waals surface area (Å²) in [6, 6.07) is 1.19. The smallest absolute Gasteiger partial charge is 0.202 e. The lowest BCUT2D eigenvalue weighted by Gasteiger charge is -2.15. The van der Waals surface area contributed by atoms with Gasteiger partial charge in [0.2, 0.25) is 4.73 Å². The first-order chi connectivity index (χ1) is 6.90. The van der Waals surface area contributed by atoms with Gasteiger partial charge in [0.1, 0.15) is 12.6 Å². The van der Waals surface area contributed by atoms with E-state index in [1.165, 1.54) is 6.04 Å². The van der Waals surface area contributed by atoms with Crippen LogP contribution >= 0.6 is 15.9 Å². The van der Waals surface area contributed by atoms with Gasteiger partial charge >= 0.3 is 0 Å². The zero-order chi connectivity index (χ0) is 11.5. The monoisotopic (exact) mass is 291 g/mol. The van der Waals surface area contributed by atoms with E-state index in [2.05, 4.69) is 45.8 Å². The molecule has 6 heteroatoms. The minimum absolute atomic E-state index is 0.532. The maximum atomic E-state index is 5.60. The Morgan fingerprint density at radius 2 is 2.00 bits per heavy atom. The predicted octanol–water partition coefficient (Wildman–Crippen LogP) is 2.66. The third-order valence-corrected chi connectivity index (χ3v) is 4.40. The molecule has 86 valence electrons. The molecule has 0 aliphatic rings. The Labute approximate surface area is 100 Å². The molecule has 15 heavy (non-hydrogen) atoms. The molecule has 1 heterocycles. The number of halogens is 1. The van der Waals surface area contributed by atoms with Crippen LogP contribution in [0.2, 0.25) is 25.7 Å². The molecule has 0 spiro atoms. The van der Waals surface area contributed by atoms with Crippen LogP contribution in [0.1, 0.15) is 5.82 Å². The second-order valence-electron chi connectivity index (χ2n) is 4.79. The first kappa shape index (κ1) is 12.9. The van der Waals surface area contributed by atoms with Crippen molar-refractivity contribution in [3.05, 3.63) is 10.6 Å². The molecule has 0 amide bonds. The second-order valence-corrected chi connectivity index (χ2v) is 11.1. The van der Waals surface area contributed by atoms with Crippen LogP contribution in [-0.2, 0) is 11.5 Å².